The molecular weight excluding hydrogens is 266 g/mol. The SMILES string of the molecule is CC(C)NC(=O)c1cnc(Nc2ccccc2C#N)nc1. The molecule has 0 fully saturated rings. The Labute approximate surface area is 122 Å². The van der Waals surface area contributed by atoms with Crippen LogP contribution in [0.15, 0.2) is 36.7 Å². The lowest BCUT2D eigenvalue weighted by atomic mass is 10.2. The van der Waals surface area contributed by atoms with Gasteiger partial charge in [-0.1, -0.05) is 12.1 Å². The summed E-state index contributed by atoms with van der Waals surface area (Å²) >= 11 is 0. The number of hydrogen-bond acceptors (Lipinski definition) is 5. The molecule has 1 aromatic carbocycles. The van der Waals surface area contributed by atoms with E-state index in [1.54, 1.807) is 18.2 Å². The summed E-state index contributed by atoms with van der Waals surface area (Å²) in [6.45, 7) is 3.76. The lowest BCUT2D eigenvalue weighted by Crippen LogP contribution is -2.30. The van der Waals surface area contributed by atoms with E-state index in [-0.39, 0.29) is 11.9 Å². The molecule has 1 aromatic heterocycles. The molecule has 0 saturated heterocycles. The summed E-state index contributed by atoms with van der Waals surface area (Å²) in [5.41, 5.74) is 1.52. The van der Waals surface area contributed by atoms with Crippen LogP contribution in [0.25, 0.3) is 0 Å². The number of para-hydroxylation sites is 1. The van der Waals surface area contributed by atoms with E-state index in [9.17, 15) is 4.79 Å². The molecule has 21 heavy (non-hydrogen) atoms. The highest BCUT2D eigenvalue weighted by Gasteiger charge is 2.09. The van der Waals surface area contributed by atoms with Crippen LogP contribution >= 0.6 is 0 Å². The van der Waals surface area contributed by atoms with Crippen molar-refractivity contribution in [3.8, 4) is 6.07 Å². The molecule has 6 heteroatoms. The summed E-state index contributed by atoms with van der Waals surface area (Å²) in [7, 11) is 0. The third-order valence-electron chi connectivity index (χ3n) is 2.63. The second-order valence-corrected chi connectivity index (χ2v) is 4.71. The van der Waals surface area contributed by atoms with E-state index in [2.05, 4.69) is 26.7 Å². The number of nitrogens with one attached hydrogen (secondary N) is 2. The predicted octanol–water partition coefficient (Wildman–Crippen LogP) is 2.23. The van der Waals surface area contributed by atoms with Crippen molar-refractivity contribution in [2.45, 2.75) is 19.9 Å². The van der Waals surface area contributed by atoms with Gasteiger partial charge in [0.2, 0.25) is 5.95 Å². The van der Waals surface area contributed by atoms with Crippen LogP contribution in [0.5, 0.6) is 0 Å². The molecule has 2 aromatic rings. The van der Waals surface area contributed by atoms with Gasteiger partial charge in [-0.25, -0.2) is 9.97 Å². The minimum atomic E-state index is -0.214. The van der Waals surface area contributed by atoms with Gasteiger partial charge in [-0.05, 0) is 26.0 Å². The molecule has 0 aliphatic rings. The molecule has 0 aliphatic carbocycles. The Morgan fingerprint density at radius 2 is 1.90 bits per heavy atom. The monoisotopic (exact) mass is 281 g/mol. The Kier molecular flexibility index (Phi) is 4.46. The summed E-state index contributed by atoms with van der Waals surface area (Å²) in [5.74, 6) is 0.118. The van der Waals surface area contributed by atoms with E-state index in [0.29, 0.717) is 22.8 Å². The maximum atomic E-state index is 11.8. The van der Waals surface area contributed by atoms with E-state index in [1.165, 1.54) is 12.4 Å². The van der Waals surface area contributed by atoms with Gasteiger partial charge in [0, 0.05) is 18.4 Å². The van der Waals surface area contributed by atoms with E-state index in [1.807, 2.05) is 19.9 Å². The quantitative estimate of drug-likeness (QED) is 0.896. The number of nitrogens with zero attached hydrogens (tertiary/aromatic N) is 3. The first kappa shape index (κ1) is 14.5. The van der Waals surface area contributed by atoms with Crippen molar-refractivity contribution in [3.05, 3.63) is 47.8 Å². The number of carbonyl (C=O) groups excluding carboxylic acids is 1. The second kappa shape index (κ2) is 6.48. The molecule has 0 unspecified atom stereocenters. The van der Waals surface area contributed by atoms with Gasteiger partial charge >= 0.3 is 0 Å². The summed E-state index contributed by atoms with van der Waals surface area (Å²) in [4.78, 5) is 19.9. The topological polar surface area (TPSA) is 90.7 Å². The lowest BCUT2D eigenvalue weighted by molar-refractivity contribution is 0.0942. The Morgan fingerprint density at radius 3 is 2.52 bits per heavy atom. The molecule has 0 radical (unpaired) electrons. The number of nitriles is 1. The van der Waals surface area contributed by atoms with Crippen LogP contribution < -0.4 is 10.6 Å². The van der Waals surface area contributed by atoms with Crippen molar-refractivity contribution in [2.24, 2.45) is 0 Å². The zero-order valence-electron chi connectivity index (χ0n) is 11.8. The van der Waals surface area contributed by atoms with Crippen LogP contribution in [-0.2, 0) is 0 Å². The fourth-order valence-corrected chi connectivity index (χ4v) is 1.67. The minimum Gasteiger partial charge on any atom is -0.350 e. The number of hydrogen-bond donors (Lipinski definition) is 2. The first-order valence-corrected chi connectivity index (χ1v) is 6.49. The molecule has 1 heterocycles. The molecule has 0 bridgehead atoms. The number of anilines is 2. The van der Waals surface area contributed by atoms with Crippen molar-refractivity contribution >= 4 is 17.5 Å². The van der Waals surface area contributed by atoms with Gasteiger partial charge in [0.15, 0.2) is 0 Å². The van der Waals surface area contributed by atoms with Gasteiger partial charge in [-0.2, -0.15) is 5.26 Å². The van der Waals surface area contributed by atoms with E-state index < -0.39 is 0 Å². The maximum absolute atomic E-state index is 11.8. The van der Waals surface area contributed by atoms with Gasteiger partial charge in [0.05, 0.1) is 16.8 Å². The fraction of sp³-hybridized carbons (Fsp3) is 0.200. The van der Waals surface area contributed by atoms with Crippen LogP contribution in [0.3, 0.4) is 0 Å². The summed E-state index contributed by atoms with van der Waals surface area (Å²) in [5, 5.41) is 14.7. The van der Waals surface area contributed by atoms with Crippen molar-refractivity contribution in [2.75, 3.05) is 5.32 Å². The smallest absolute Gasteiger partial charge is 0.254 e. The fourth-order valence-electron chi connectivity index (χ4n) is 1.67. The highest BCUT2D eigenvalue weighted by molar-refractivity contribution is 5.93. The van der Waals surface area contributed by atoms with Crippen LogP contribution in [0.1, 0.15) is 29.8 Å². The normalized spacial score (nSPS) is 10.0. The molecule has 2 N–H and O–H groups in total. The summed E-state index contributed by atoms with van der Waals surface area (Å²) < 4.78 is 0. The number of rotatable bonds is 4. The number of aromatic nitrogens is 2. The van der Waals surface area contributed by atoms with Crippen molar-refractivity contribution in [1.82, 2.24) is 15.3 Å². The highest BCUT2D eigenvalue weighted by Crippen LogP contribution is 2.17. The van der Waals surface area contributed by atoms with Crippen LogP contribution in [0.2, 0.25) is 0 Å². The zero-order chi connectivity index (χ0) is 15.2. The maximum Gasteiger partial charge on any atom is 0.254 e. The Balaban J connectivity index is 2.13. The van der Waals surface area contributed by atoms with Gasteiger partial charge in [0.1, 0.15) is 6.07 Å². The molecule has 6 nitrogen and oxygen atoms in total. The Morgan fingerprint density at radius 1 is 1.24 bits per heavy atom. The molecule has 0 atom stereocenters. The van der Waals surface area contributed by atoms with Crippen molar-refractivity contribution in [3.63, 3.8) is 0 Å². The van der Waals surface area contributed by atoms with Gasteiger partial charge < -0.3 is 10.6 Å². The molecule has 0 spiro atoms. The Bertz CT molecular complexity index is 673. The van der Waals surface area contributed by atoms with Gasteiger partial charge in [0.25, 0.3) is 5.91 Å². The van der Waals surface area contributed by atoms with Crippen LogP contribution in [0, 0.1) is 11.3 Å². The first-order valence-electron chi connectivity index (χ1n) is 6.49. The zero-order valence-corrected chi connectivity index (χ0v) is 11.8. The second-order valence-electron chi connectivity index (χ2n) is 4.71. The van der Waals surface area contributed by atoms with Crippen LogP contribution in [-0.4, -0.2) is 21.9 Å². The number of amides is 1. The van der Waals surface area contributed by atoms with Crippen molar-refractivity contribution in [1.29, 1.82) is 5.26 Å². The van der Waals surface area contributed by atoms with E-state index in [4.69, 9.17) is 5.26 Å². The summed E-state index contributed by atoms with van der Waals surface area (Å²) in [6, 6.07) is 9.20. The van der Waals surface area contributed by atoms with E-state index in [0.717, 1.165) is 0 Å². The number of carbonyl (C=O) groups is 1. The third kappa shape index (κ3) is 3.76. The van der Waals surface area contributed by atoms with Gasteiger partial charge in [-0.3, -0.25) is 4.79 Å². The molecular formula is C15H15N5O. The lowest BCUT2D eigenvalue weighted by Gasteiger charge is -2.09. The first-order chi connectivity index (χ1) is 10.1. The predicted molar refractivity (Wildman–Crippen MR) is 79.1 cm³/mol. The molecule has 106 valence electrons. The minimum absolute atomic E-state index is 0.0535. The average molecular weight is 281 g/mol. The number of benzene rings is 1. The molecule has 1 amide bonds. The Hall–Kier alpha value is -2.94. The van der Waals surface area contributed by atoms with Crippen LogP contribution in [0.4, 0.5) is 11.6 Å². The molecule has 2 rings (SSSR count). The largest absolute Gasteiger partial charge is 0.350 e. The average Bonchev–Trinajstić information content (AvgIpc) is 2.48. The summed E-state index contributed by atoms with van der Waals surface area (Å²) in [6.07, 6.45) is 2.89. The standard InChI is InChI=1S/C15H15N5O/c1-10(2)19-14(21)12-8-17-15(18-9-12)20-13-6-4-3-5-11(13)7-16/h3-6,8-10H,1-2H3,(H,19,21)(H,17,18,20). The molecule has 0 saturated carbocycles. The van der Waals surface area contributed by atoms with E-state index >= 15 is 0 Å². The highest BCUT2D eigenvalue weighted by atomic mass is 16.1. The van der Waals surface area contributed by atoms with Crippen molar-refractivity contribution < 1.29 is 4.79 Å². The molecule has 0 aliphatic heterocycles. The van der Waals surface area contributed by atoms with Gasteiger partial charge in [-0.15, -0.1) is 0 Å². The third-order valence-corrected chi connectivity index (χ3v) is 2.63.